The summed E-state index contributed by atoms with van der Waals surface area (Å²) in [5.41, 5.74) is 5.33. The van der Waals surface area contributed by atoms with Gasteiger partial charge in [-0.15, -0.1) is 0 Å². The summed E-state index contributed by atoms with van der Waals surface area (Å²) in [6.45, 7) is 1.99. The molecule has 0 aromatic heterocycles. The Kier molecular flexibility index (Phi) is 5.14. The highest BCUT2D eigenvalue weighted by Crippen LogP contribution is 2.34. The Labute approximate surface area is 192 Å². The molecule has 0 heterocycles. The number of benzene rings is 2. The van der Waals surface area contributed by atoms with Crippen LogP contribution < -0.4 is 5.11 Å². The van der Waals surface area contributed by atoms with Crippen molar-refractivity contribution in [1.82, 2.24) is 0 Å². The van der Waals surface area contributed by atoms with Crippen LogP contribution in [0.15, 0.2) is 101 Å². The fraction of sp³-hybridized carbons (Fsp3) is 0.138. The zero-order valence-corrected chi connectivity index (χ0v) is 18.2. The van der Waals surface area contributed by atoms with E-state index in [1.165, 1.54) is 0 Å². The Balaban J connectivity index is 1.43. The van der Waals surface area contributed by atoms with Gasteiger partial charge in [0.25, 0.3) is 0 Å². The number of carbonyl (C=O) groups is 3. The molecule has 33 heavy (non-hydrogen) atoms. The highest BCUT2D eigenvalue weighted by atomic mass is 16.3. The average Bonchev–Trinajstić information content (AvgIpc) is 3.23. The van der Waals surface area contributed by atoms with E-state index < -0.39 is 0 Å². The van der Waals surface area contributed by atoms with E-state index in [9.17, 15) is 19.5 Å². The molecule has 0 atom stereocenters. The monoisotopic (exact) mass is 433 g/mol. The molecule has 0 radical (unpaired) electrons. The molecule has 4 nitrogen and oxygen atoms in total. The van der Waals surface area contributed by atoms with Crippen LogP contribution in [0.2, 0.25) is 0 Å². The number of fused-ring (bicyclic) bond motifs is 2. The van der Waals surface area contributed by atoms with Crippen LogP contribution in [-0.4, -0.2) is 17.3 Å². The average molecular weight is 433 g/mol. The lowest BCUT2D eigenvalue weighted by Crippen LogP contribution is -2.03. The Morgan fingerprint density at radius 2 is 1.30 bits per heavy atom. The second-order valence-electron chi connectivity index (χ2n) is 8.43. The minimum atomic E-state index is -0.237. The Bertz CT molecular complexity index is 1360. The fourth-order valence-electron chi connectivity index (χ4n) is 4.68. The molecule has 0 spiro atoms. The van der Waals surface area contributed by atoms with Gasteiger partial charge in [0, 0.05) is 22.3 Å². The first-order valence-electron chi connectivity index (χ1n) is 11.0. The molecule has 3 aliphatic carbocycles. The van der Waals surface area contributed by atoms with E-state index in [4.69, 9.17) is 0 Å². The number of Topliss-reactive ketones (excluding diaryl/α,β-unsaturated/α-hetero) is 3. The molecule has 2 aromatic rings. The summed E-state index contributed by atoms with van der Waals surface area (Å²) in [6.07, 6.45) is 9.55. The third-order valence-electron chi connectivity index (χ3n) is 6.57. The highest BCUT2D eigenvalue weighted by Gasteiger charge is 2.32. The van der Waals surface area contributed by atoms with Crippen molar-refractivity contribution in [1.29, 1.82) is 0 Å². The van der Waals surface area contributed by atoms with Crippen LogP contribution >= 0.6 is 0 Å². The van der Waals surface area contributed by atoms with Crippen LogP contribution in [0.1, 0.15) is 62.8 Å². The third-order valence-corrected chi connectivity index (χ3v) is 6.57. The van der Waals surface area contributed by atoms with E-state index >= 15 is 0 Å². The van der Waals surface area contributed by atoms with Crippen molar-refractivity contribution in [3.8, 4) is 0 Å². The number of hydrogen-bond acceptors (Lipinski definition) is 4. The van der Waals surface area contributed by atoms with Crippen LogP contribution in [0.25, 0.3) is 5.76 Å². The van der Waals surface area contributed by atoms with E-state index in [0.717, 1.165) is 36.0 Å². The first-order valence-corrected chi connectivity index (χ1v) is 11.0. The normalized spacial score (nSPS) is 19.2. The van der Waals surface area contributed by atoms with Gasteiger partial charge in [-0.05, 0) is 54.5 Å². The number of ketones is 3. The molecule has 3 aliphatic rings. The van der Waals surface area contributed by atoms with Gasteiger partial charge in [0.15, 0.2) is 17.3 Å². The van der Waals surface area contributed by atoms with Crippen molar-refractivity contribution in [2.24, 2.45) is 0 Å². The van der Waals surface area contributed by atoms with Crippen LogP contribution in [0.5, 0.6) is 0 Å². The largest absolute Gasteiger partial charge is 0.872 e. The predicted molar refractivity (Wildman–Crippen MR) is 125 cm³/mol. The van der Waals surface area contributed by atoms with Crippen molar-refractivity contribution < 1.29 is 19.5 Å². The van der Waals surface area contributed by atoms with Gasteiger partial charge in [0.2, 0.25) is 0 Å². The maximum atomic E-state index is 12.6. The predicted octanol–water partition coefficient (Wildman–Crippen LogP) is 4.94. The Morgan fingerprint density at radius 1 is 0.727 bits per heavy atom. The molecule has 0 amide bonds. The number of hydrogen-bond donors (Lipinski definition) is 0. The molecule has 5 rings (SSSR count). The molecule has 4 heteroatoms. The van der Waals surface area contributed by atoms with E-state index in [1.54, 1.807) is 60.7 Å². The molecule has 0 saturated heterocycles. The molecule has 0 fully saturated rings. The number of carbonyl (C=O) groups excluding carboxylic acids is 3. The van der Waals surface area contributed by atoms with Crippen LogP contribution in [0.4, 0.5) is 0 Å². The maximum Gasteiger partial charge on any atom is 0.197 e. The molecule has 0 unspecified atom stereocenters. The highest BCUT2D eigenvalue weighted by molar-refractivity contribution is 6.39. The van der Waals surface area contributed by atoms with Crippen LogP contribution in [0, 0.1) is 0 Å². The summed E-state index contributed by atoms with van der Waals surface area (Å²) in [5.74, 6) is -0.947. The Morgan fingerprint density at radius 3 is 1.91 bits per heavy atom. The summed E-state index contributed by atoms with van der Waals surface area (Å²) in [7, 11) is 0. The topological polar surface area (TPSA) is 74.3 Å². The summed E-state index contributed by atoms with van der Waals surface area (Å²) < 4.78 is 0. The van der Waals surface area contributed by atoms with E-state index in [0.29, 0.717) is 22.3 Å². The first kappa shape index (κ1) is 20.8. The fourth-order valence-corrected chi connectivity index (χ4v) is 4.68. The van der Waals surface area contributed by atoms with Crippen molar-refractivity contribution >= 4 is 23.1 Å². The molecule has 0 aliphatic heterocycles. The van der Waals surface area contributed by atoms with Gasteiger partial charge in [0.05, 0.1) is 5.57 Å². The zero-order valence-electron chi connectivity index (χ0n) is 18.2. The summed E-state index contributed by atoms with van der Waals surface area (Å²) in [6, 6.07) is 13.8. The minimum Gasteiger partial charge on any atom is -0.872 e. The SMILES string of the molecule is CC1=C(/C=C/C2=C([O-])c3ccccc3C2=O)CCC/C1=C/C=C1C(=O)c2ccccc2C1=O. The number of rotatable bonds is 3. The third kappa shape index (κ3) is 3.44. The molecule has 162 valence electrons. The second kappa shape index (κ2) is 8.14. The van der Waals surface area contributed by atoms with Gasteiger partial charge < -0.3 is 5.11 Å². The summed E-state index contributed by atoms with van der Waals surface area (Å²) in [5, 5.41) is 12.6. The summed E-state index contributed by atoms with van der Waals surface area (Å²) in [4.78, 5) is 37.9. The molecular formula is C29H21O4-. The van der Waals surface area contributed by atoms with Crippen LogP contribution in [-0.2, 0) is 0 Å². The molecule has 0 N–H and O–H groups in total. The van der Waals surface area contributed by atoms with E-state index in [1.807, 2.05) is 19.1 Å². The van der Waals surface area contributed by atoms with Gasteiger partial charge in [-0.2, -0.15) is 0 Å². The minimum absolute atomic E-state index is 0.189. The lowest BCUT2D eigenvalue weighted by atomic mass is 9.87. The maximum absolute atomic E-state index is 12.6. The number of allylic oxidation sites excluding steroid dienone is 9. The molecule has 2 aromatic carbocycles. The van der Waals surface area contributed by atoms with Gasteiger partial charge in [-0.3, -0.25) is 14.4 Å². The lowest BCUT2D eigenvalue weighted by molar-refractivity contribution is -0.244. The van der Waals surface area contributed by atoms with Crippen LogP contribution in [0.3, 0.4) is 0 Å². The van der Waals surface area contributed by atoms with Gasteiger partial charge >= 0.3 is 0 Å². The van der Waals surface area contributed by atoms with Crippen molar-refractivity contribution in [3.05, 3.63) is 123 Å². The zero-order chi connectivity index (χ0) is 23.1. The second-order valence-corrected chi connectivity index (χ2v) is 8.43. The van der Waals surface area contributed by atoms with Crippen molar-refractivity contribution in [3.63, 3.8) is 0 Å². The Hall–Kier alpha value is -4.05. The molecule has 0 saturated carbocycles. The van der Waals surface area contributed by atoms with Gasteiger partial charge in [-0.25, -0.2) is 0 Å². The van der Waals surface area contributed by atoms with Crippen molar-refractivity contribution in [2.75, 3.05) is 0 Å². The lowest BCUT2D eigenvalue weighted by Gasteiger charge is -2.18. The van der Waals surface area contributed by atoms with Crippen molar-refractivity contribution in [2.45, 2.75) is 26.2 Å². The van der Waals surface area contributed by atoms with E-state index in [-0.39, 0.29) is 34.3 Å². The first-order chi connectivity index (χ1) is 16.0. The van der Waals surface area contributed by atoms with Gasteiger partial charge in [0.1, 0.15) is 0 Å². The molecular weight excluding hydrogens is 412 g/mol. The van der Waals surface area contributed by atoms with Gasteiger partial charge in [-0.1, -0.05) is 72.5 Å². The smallest absolute Gasteiger partial charge is 0.197 e. The molecule has 0 bridgehead atoms. The van der Waals surface area contributed by atoms with E-state index in [2.05, 4.69) is 0 Å². The summed E-state index contributed by atoms with van der Waals surface area (Å²) >= 11 is 0. The standard InChI is InChI=1S/C29H22O4/c1-17-18(13-15-24-26(30)20-9-2-3-10-21(20)27(24)31)7-6-8-19(17)14-16-25-28(32)22-11-4-5-12-23(22)29(25)33/h2-5,9-16,30H,6-8H2,1H3/p-1/b15-13+,19-14-. The quantitative estimate of drug-likeness (QED) is 0.507.